The zero-order valence-electron chi connectivity index (χ0n) is 24.5. The molecule has 1 amide bonds. The zero-order chi connectivity index (χ0) is 29.6. The van der Waals surface area contributed by atoms with Crippen molar-refractivity contribution in [3.8, 4) is 0 Å². The van der Waals surface area contributed by atoms with Crippen molar-refractivity contribution in [1.29, 1.82) is 0 Å². The second-order valence-corrected chi connectivity index (χ2v) is 10.7. The van der Waals surface area contributed by atoms with Crippen molar-refractivity contribution in [2.24, 2.45) is 5.73 Å². The van der Waals surface area contributed by atoms with E-state index in [1.807, 2.05) is 79.7 Å². The van der Waals surface area contributed by atoms with Crippen molar-refractivity contribution < 1.29 is 4.79 Å². The highest BCUT2D eigenvalue weighted by atomic mass is 16.1. The molecule has 220 valence electrons. The number of aromatic nitrogens is 3. The Kier molecular flexibility index (Phi) is 12.1. The SMILES string of the molecule is C[C@H](CNCCc1ccc(NC(=O)c2ccc(CN(Cc3ccccn3)Cc3ccccn3)nc2)cc1)NC[C@@H](C)N. The molecular weight excluding hydrogens is 524 g/mol. The first kappa shape index (κ1) is 30.9. The van der Waals surface area contributed by atoms with E-state index < -0.39 is 0 Å². The van der Waals surface area contributed by atoms with Crippen LogP contribution in [0.3, 0.4) is 0 Å². The topological polar surface area (TPSA) is 121 Å². The molecule has 0 saturated heterocycles. The van der Waals surface area contributed by atoms with Crippen LogP contribution in [0.15, 0.2) is 91.4 Å². The maximum Gasteiger partial charge on any atom is 0.257 e. The van der Waals surface area contributed by atoms with E-state index in [9.17, 15) is 4.79 Å². The molecule has 0 saturated carbocycles. The van der Waals surface area contributed by atoms with Gasteiger partial charge in [-0.15, -0.1) is 0 Å². The maximum absolute atomic E-state index is 12.9. The highest BCUT2D eigenvalue weighted by Gasteiger charge is 2.12. The molecule has 9 heteroatoms. The van der Waals surface area contributed by atoms with Crippen molar-refractivity contribution in [2.75, 3.05) is 25.0 Å². The number of nitrogens with two attached hydrogens (primary N) is 1. The molecule has 0 aliphatic carbocycles. The van der Waals surface area contributed by atoms with Crippen LogP contribution in [0.2, 0.25) is 0 Å². The third-order valence-corrected chi connectivity index (χ3v) is 6.74. The van der Waals surface area contributed by atoms with Crippen molar-refractivity contribution in [3.63, 3.8) is 0 Å². The third-order valence-electron chi connectivity index (χ3n) is 6.74. The van der Waals surface area contributed by atoms with E-state index in [-0.39, 0.29) is 11.9 Å². The number of pyridine rings is 3. The van der Waals surface area contributed by atoms with Crippen molar-refractivity contribution in [1.82, 2.24) is 30.5 Å². The highest BCUT2D eigenvalue weighted by molar-refractivity contribution is 6.04. The van der Waals surface area contributed by atoms with E-state index in [2.05, 4.69) is 42.7 Å². The first-order valence-electron chi connectivity index (χ1n) is 14.5. The number of rotatable bonds is 16. The first-order valence-corrected chi connectivity index (χ1v) is 14.5. The van der Waals surface area contributed by atoms with Gasteiger partial charge >= 0.3 is 0 Å². The van der Waals surface area contributed by atoms with Gasteiger partial charge in [0.15, 0.2) is 0 Å². The Morgan fingerprint density at radius 2 is 1.45 bits per heavy atom. The van der Waals surface area contributed by atoms with E-state index in [0.29, 0.717) is 31.2 Å². The average Bonchev–Trinajstić information content (AvgIpc) is 3.00. The molecule has 1 aromatic carbocycles. The summed E-state index contributed by atoms with van der Waals surface area (Å²) >= 11 is 0. The molecule has 5 N–H and O–H groups in total. The molecule has 0 aliphatic heterocycles. The quantitative estimate of drug-likeness (QED) is 0.151. The Labute approximate surface area is 249 Å². The second-order valence-electron chi connectivity index (χ2n) is 10.7. The zero-order valence-corrected chi connectivity index (χ0v) is 24.5. The van der Waals surface area contributed by atoms with Gasteiger partial charge in [0.1, 0.15) is 0 Å². The second kappa shape index (κ2) is 16.4. The van der Waals surface area contributed by atoms with E-state index in [1.165, 1.54) is 5.56 Å². The molecule has 2 atom stereocenters. The van der Waals surface area contributed by atoms with Crippen LogP contribution < -0.4 is 21.7 Å². The molecular formula is C33H42N8O. The fourth-order valence-corrected chi connectivity index (χ4v) is 4.46. The third kappa shape index (κ3) is 10.8. The van der Waals surface area contributed by atoms with Gasteiger partial charge in [0.2, 0.25) is 0 Å². The number of benzene rings is 1. The standard InChI is InChI=1S/C33H42N8O/c1-25(34)19-38-26(2)20-35-18-15-27-9-12-29(13-10-27)40-33(42)28-11-14-32(39-21-28)24-41(22-30-7-3-5-16-36-30)23-31-8-4-6-17-37-31/h3-14,16-17,21,25-26,35,38H,15,18-20,22-24,34H2,1-2H3,(H,40,42)/t25-,26-/m1/s1. The molecule has 9 nitrogen and oxygen atoms in total. The molecule has 0 radical (unpaired) electrons. The van der Waals surface area contributed by atoms with Crippen LogP contribution in [0.25, 0.3) is 0 Å². The fourth-order valence-electron chi connectivity index (χ4n) is 4.46. The van der Waals surface area contributed by atoms with Gasteiger partial charge in [0.05, 0.1) is 22.6 Å². The number of nitrogens with zero attached hydrogens (tertiary/aromatic N) is 4. The van der Waals surface area contributed by atoms with Crippen molar-refractivity contribution >= 4 is 11.6 Å². The lowest BCUT2D eigenvalue weighted by Crippen LogP contribution is -2.42. The van der Waals surface area contributed by atoms with E-state index in [1.54, 1.807) is 18.6 Å². The summed E-state index contributed by atoms with van der Waals surface area (Å²) in [4.78, 5) is 28.7. The van der Waals surface area contributed by atoms with Gasteiger partial charge in [-0.25, -0.2) is 0 Å². The molecule has 0 fully saturated rings. The lowest BCUT2D eigenvalue weighted by Gasteiger charge is -2.21. The summed E-state index contributed by atoms with van der Waals surface area (Å²) in [7, 11) is 0. The van der Waals surface area contributed by atoms with Crippen LogP contribution in [-0.2, 0) is 26.1 Å². The van der Waals surface area contributed by atoms with Crippen LogP contribution in [0.4, 0.5) is 5.69 Å². The number of nitrogens with one attached hydrogen (secondary N) is 3. The van der Waals surface area contributed by atoms with Gasteiger partial charge in [-0.05, 0) is 80.9 Å². The molecule has 0 aliphatic rings. The fraction of sp³-hybridized carbons (Fsp3) is 0.333. The Morgan fingerprint density at radius 3 is 2.00 bits per heavy atom. The van der Waals surface area contributed by atoms with Crippen LogP contribution in [-0.4, -0.2) is 57.5 Å². The Morgan fingerprint density at radius 1 is 0.810 bits per heavy atom. The Balaban J connectivity index is 1.26. The van der Waals surface area contributed by atoms with Gasteiger partial charge in [0, 0.05) is 69.1 Å². The number of carbonyl (C=O) groups excluding carboxylic acids is 1. The summed E-state index contributed by atoms with van der Waals surface area (Å²) in [6, 6.07) is 24.1. The summed E-state index contributed by atoms with van der Waals surface area (Å²) in [6.07, 6.45) is 6.15. The summed E-state index contributed by atoms with van der Waals surface area (Å²) in [5, 5.41) is 9.86. The summed E-state index contributed by atoms with van der Waals surface area (Å²) in [6.45, 7) is 8.67. The number of hydrogen-bond acceptors (Lipinski definition) is 8. The number of hydrogen-bond donors (Lipinski definition) is 4. The van der Waals surface area contributed by atoms with E-state index in [4.69, 9.17) is 5.73 Å². The predicted octanol–water partition coefficient (Wildman–Crippen LogP) is 3.78. The van der Waals surface area contributed by atoms with E-state index >= 15 is 0 Å². The van der Waals surface area contributed by atoms with Crippen molar-refractivity contribution in [3.05, 3.63) is 120 Å². The van der Waals surface area contributed by atoms with Gasteiger partial charge < -0.3 is 21.7 Å². The average molecular weight is 567 g/mol. The Bertz CT molecular complexity index is 1290. The largest absolute Gasteiger partial charge is 0.327 e. The predicted molar refractivity (Wildman–Crippen MR) is 168 cm³/mol. The van der Waals surface area contributed by atoms with Gasteiger partial charge in [0.25, 0.3) is 5.91 Å². The monoisotopic (exact) mass is 566 g/mol. The number of amides is 1. The maximum atomic E-state index is 12.9. The summed E-state index contributed by atoms with van der Waals surface area (Å²) < 4.78 is 0. The van der Waals surface area contributed by atoms with Crippen LogP contribution in [0, 0.1) is 0 Å². The van der Waals surface area contributed by atoms with Gasteiger partial charge in [-0.2, -0.15) is 0 Å². The van der Waals surface area contributed by atoms with Crippen LogP contribution in [0.1, 0.15) is 46.9 Å². The smallest absolute Gasteiger partial charge is 0.257 e. The molecule has 3 aromatic heterocycles. The van der Waals surface area contributed by atoms with Gasteiger partial charge in [-0.3, -0.25) is 24.6 Å². The minimum Gasteiger partial charge on any atom is -0.327 e. The summed E-state index contributed by atoms with van der Waals surface area (Å²) in [5.41, 5.74) is 11.1. The normalized spacial score (nSPS) is 12.7. The minimum absolute atomic E-state index is 0.157. The molecule has 0 bridgehead atoms. The number of carbonyl (C=O) groups is 1. The Hall–Kier alpha value is -4.02. The molecule has 4 rings (SSSR count). The summed E-state index contributed by atoms with van der Waals surface area (Å²) in [5.74, 6) is -0.185. The molecule has 4 aromatic rings. The van der Waals surface area contributed by atoms with E-state index in [0.717, 1.165) is 48.8 Å². The van der Waals surface area contributed by atoms with Crippen LogP contribution in [0.5, 0.6) is 0 Å². The van der Waals surface area contributed by atoms with Crippen LogP contribution >= 0.6 is 0 Å². The highest BCUT2D eigenvalue weighted by Crippen LogP contribution is 2.14. The lowest BCUT2D eigenvalue weighted by molar-refractivity contribution is 0.102. The molecule has 0 unspecified atom stereocenters. The minimum atomic E-state index is -0.185. The van der Waals surface area contributed by atoms with Gasteiger partial charge in [-0.1, -0.05) is 24.3 Å². The molecule has 42 heavy (non-hydrogen) atoms. The van der Waals surface area contributed by atoms with Crippen molar-refractivity contribution in [2.45, 2.75) is 52.0 Å². The number of anilines is 1. The first-order chi connectivity index (χ1) is 20.4. The molecule has 3 heterocycles. The molecule has 0 spiro atoms. The lowest BCUT2D eigenvalue weighted by atomic mass is 10.1.